The monoisotopic (exact) mass is 281 g/mol. The van der Waals surface area contributed by atoms with E-state index in [4.69, 9.17) is 0 Å². The number of hydrogen-bond donors (Lipinski definition) is 3. The first-order valence-corrected chi connectivity index (χ1v) is 6.70. The van der Waals surface area contributed by atoms with E-state index in [1.165, 1.54) is 0 Å². The standard InChI is InChI=1S/C16H15N3O2/c20-15(21)14(10-11-6-2-1-3-7-11)19-16-17-12-8-4-5-9-13(12)18-16/h1-9,14H,10H2,(H,20,21)(H2,17,18,19)/t14-/m0/s1. The van der Waals surface area contributed by atoms with Crippen molar-refractivity contribution in [1.29, 1.82) is 0 Å². The molecule has 0 unspecified atom stereocenters. The highest BCUT2D eigenvalue weighted by Gasteiger charge is 2.19. The largest absolute Gasteiger partial charge is 0.480 e. The quantitative estimate of drug-likeness (QED) is 0.672. The molecule has 0 fully saturated rings. The summed E-state index contributed by atoms with van der Waals surface area (Å²) in [5.41, 5.74) is 2.65. The van der Waals surface area contributed by atoms with Gasteiger partial charge in [-0.05, 0) is 17.7 Å². The molecule has 1 atom stereocenters. The number of anilines is 1. The molecule has 5 heteroatoms. The normalized spacial score (nSPS) is 12.2. The number of rotatable bonds is 5. The first-order chi connectivity index (χ1) is 10.2. The lowest BCUT2D eigenvalue weighted by atomic mass is 10.1. The number of nitrogens with zero attached hydrogens (tertiary/aromatic N) is 1. The number of carboxylic acids is 1. The highest BCUT2D eigenvalue weighted by Crippen LogP contribution is 2.15. The van der Waals surface area contributed by atoms with Crippen LogP contribution in [0.5, 0.6) is 0 Å². The van der Waals surface area contributed by atoms with Gasteiger partial charge in [-0.25, -0.2) is 9.78 Å². The van der Waals surface area contributed by atoms with Gasteiger partial charge in [0.15, 0.2) is 0 Å². The number of fused-ring (bicyclic) bond motifs is 1. The molecule has 0 aliphatic rings. The number of imidazole rings is 1. The van der Waals surface area contributed by atoms with Crippen molar-refractivity contribution in [3.63, 3.8) is 0 Å². The average molecular weight is 281 g/mol. The van der Waals surface area contributed by atoms with Gasteiger partial charge in [0.25, 0.3) is 0 Å². The number of hydrogen-bond acceptors (Lipinski definition) is 3. The lowest BCUT2D eigenvalue weighted by Crippen LogP contribution is -2.31. The zero-order valence-corrected chi connectivity index (χ0v) is 11.3. The van der Waals surface area contributed by atoms with Gasteiger partial charge < -0.3 is 15.4 Å². The minimum atomic E-state index is -0.903. The molecule has 0 amide bonds. The topological polar surface area (TPSA) is 78.0 Å². The van der Waals surface area contributed by atoms with Crippen molar-refractivity contribution in [3.8, 4) is 0 Å². The van der Waals surface area contributed by atoms with E-state index in [2.05, 4.69) is 15.3 Å². The first kappa shape index (κ1) is 13.2. The third kappa shape index (κ3) is 3.02. The number of carboxylic acid groups (broad SMARTS) is 1. The zero-order chi connectivity index (χ0) is 14.7. The number of aromatic nitrogens is 2. The van der Waals surface area contributed by atoms with Crippen LogP contribution >= 0.6 is 0 Å². The van der Waals surface area contributed by atoms with Crippen LogP contribution in [0, 0.1) is 0 Å². The van der Waals surface area contributed by atoms with Crippen molar-refractivity contribution >= 4 is 23.0 Å². The Hall–Kier alpha value is -2.82. The maximum Gasteiger partial charge on any atom is 0.326 e. The fourth-order valence-electron chi connectivity index (χ4n) is 2.24. The Bertz CT molecular complexity index is 719. The third-order valence-corrected chi connectivity index (χ3v) is 3.28. The van der Waals surface area contributed by atoms with E-state index in [0.717, 1.165) is 16.6 Å². The summed E-state index contributed by atoms with van der Waals surface area (Å²) < 4.78 is 0. The highest BCUT2D eigenvalue weighted by atomic mass is 16.4. The Labute approximate surface area is 121 Å². The molecule has 2 aromatic carbocycles. The Morgan fingerprint density at radius 3 is 2.57 bits per heavy atom. The third-order valence-electron chi connectivity index (χ3n) is 3.28. The molecule has 0 radical (unpaired) electrons. The van der Waals surface area contributed by atoms with Gasteiger partial charge in [-0.2, -0.15) is 0 Å². The predicted molar refractivity (Wildman–Crippen MR) is 81.3 cm³/mol. The Morgan fingerprint density at radius 2 is 1.86 bits per heavy atom. The van der Waals surface area contributed by atoms with Crippen molar-refractivity contribution in [1.82, 2.24) is 9.97 Å². The van der Waals surface area contributed by atoms with Crippen LogP contribution in [0.25, 0.3) is 11.0 Å². The van der Waals surface area contributed by atoms with Gasteiger partial charge in [-0.1, -0.05) is 42.5 Å². The molecule has 0 aliphatic heterocycles. The number of H-pyrrole nitrogens is 1. The van der Waals surface area contributed by atoms with Crippen LogP contribution in [0.15, 0.2) is 54.6 Å². The summed E-state index contributed by atoms with van der Waals surface area (Å²) in [6.45, 7) is 0. The van der Waals surface area contributed by atoms with Crippen molar-refractivity contribution in [2.45, 2.75) is 12.5 Å². The molecule has 0 spiro atoms. The molecule has 0 aliphatic carbocycles. The predicted octanol–water partition coefficient (Wildman–Crippen LogP) is 2.67. The van der Waals surface area contributed by atoms with Crippen molar-refractivity contribution < 1.29 is 9.90 Å². The lowest BCUT2D eigenvalue weighted by Gasteiger charge is -2.13. The molecule has 0 saturated heterocycles. The number of benzene rings is 2. The second kappa shape index (κ2) is 5.66. The van der Waals surface area contributed by atoms with Crippen LogP contribution in [0.4, 0.5) is 5.95 Å². The van der Waals surface area contributed by atoms with Gasteiger partial charge in [0.1, 0.15) is 6.04 Å². The minimum Gasteiger partial charge on any atom is -0.480 e. The summed E-state index contributed by atoms with van der Waals surface area (Å²) in [4.78, 5) is 18.8. The van der Waals surface area contributed by atoms with Crippen molar-refractivity contribution in [2.24, 2.45) is 0 Å². The molecule has 0 saturated carbocycles. The number of nitrogens with one attached hydrogen (secondary N) is 2. The minimum absolute atomic E-state index is 0.396. The number of aromatic amines is 1. The second-order valence-corrected chi connectivity index (χ2v) is 4.83. The molecule has 1 heterocycles. The summed E-state index contributed by atoms with van der Waals surface area (Å²) in [5.74, 6) is -0.432. The summed E-state index contributed by atoms with van der Waals surface area (Å²) >= 11 is 0. The SMILES string of the molecule is O=C(O)[C@H](Cc1ccccc1)Nc1nc2ccccc2[nH]1. The molecule has 3 aromatic rings. The van der Waals surface area contributed by atoms with Gasteiger partial charge in [-0.15, -0.1) is 0 Å². The number of carbonyl (C=O) groups is 1. The number of para-hydroxylation sites is 2. The van der Waals surface area contributed by atoms with E-state index < -0.39 is 12.0 Å². The van der Waals surface area contributed by atoms with Crippen molar-refractivity contribution in [3.05, 3.63) is 60.2 Å². The lowest BCUT2D eigenvalue weighted by molar-refractivity contribution is -0.137. The van der Waals surface area contributed by atoms with Crippen molar-refractivity contribution in [2.75, 3.05) is 5.32 Å². The van der Waals surface area contributed by atoms with Gasteiger partial charge in [-0.3, -0.25) is 0 Å². The molecular weight excluding hydrogens is 266 g/mol. The molecule has 5 nitrogen and oxygen atoms in total. The molecular formula is C16H15N3O2. The van der Waals surface area contributed by atoms with E-state index in [1.54, 1.807) is 0 Å². The maximum atomic E-state index is 11.4. The van der Waals surface area contributed by atoms with Crippen LogP contribution in [-0.4, -0.2) is 27.1 Å². The molecule has 106 valence electrons. The van der Waals surface area contributed by atoms with Gasteiger partial charge >= 0.3 is 5.97 Å². The van der Waals surface area contributed by atoms with E-state index >= 15 is 0 Å². The van der Waals surface area contributed by atoms with Crippen LogP contribution in [0.2, 0.25) is 0 Å². The Kier molecular flexibility index (Phi) is 3.55. The molecule has 1 aromatic heterocycles. The smallest absolute Gasteiger partial charge is 0.326 e. The summed E-state index contributed by atoms with van der Waals surface area (Å²) in [7, 11) is 0. The fourth-order valence-corrected chi connectivity index (χ4v) is 2.24. The van der Waals surface area contributed by atoms with E-state index in [-0.39, 0.29) is 0 Å². The fraction of sp³-hybridized carbons (Fsp3) is 0.125. The zero-order valence-electron chi connectivity index (χ0n) is 11.3. The molecule has 21 heavy (non-hydrogen) atoms. The molecule has 3 rings (SSSR count). The van der Waals surface area contributed by atoms with Gasteiger partial charge in [0.2, 0.25) is 5.95 Å². The van der Waals surface area contributed by atoms with Crippen LogP contribution in [-0.2, 0) is 11.2 Å². The summed E-state index contributed by atoms with van der Waals surface area (Å²) in [6.07, 6.45) is 0.396. The Balaban J connectivity index is 1.80. The van der Waals surface area contributed by atoms with Gasteiger partial charge in [0.05, 0.1) is 11.0 Å². The molecule has 0 bridgehead atoms. The number of aliphatic carboxylic acids is 1. The van der Waals surface area contributed by atoms with Crippen LogP contribution < -0.4 is 5.32 Å². The average Bonchev–Trinajstić information content (AvgIpc) is 2.90. The maximum absolute atomic E-state index is 11.4. The summed E-state index contributed by atoms with van der Waals surface area (Å²) in [6, 6.07) is 16.4. The van der Waals surface area contributed by atoms with E-state index in [9.17, 15) is 9.90 Å². The molecule has 3 N–H and O–H groups in total. The first-order valence-electron chi connectivity index (χ1n) is 6.70. The summed E-state index contributed by atoms with van der Waals surface area (Å²) in [5, 5.41) is 12.3. The van der Waals surface area contributed by atoms with E-state index in [1.807, 2.05) is 54.6 Å². The van der Waals surface area contributed by atoms with Crippen LogP contribution in [0.1, 0.15) is 5.56 Å². The van der Waals surface area contributed by atoms with E-state index in [0.29, 0.717) is 12.4 Å². The van der Waals surface area contributed by atoms with Crippen LogP contribution in [0.3, 0.4) is 0 Å². The second-order valence-electron chi connectivity index (χ2n) is 4.83. The highest BCUT2D eigenvalue weighted by molar-refractivity contribution is 5.80. The Morgan fingerprint density at radius 1 is 1.14 bits per heavy atom. The van der Waals surface area contributed by atoms with Gasteiger partial charge in [0, 0.05) is 6.42 Å².